The van der Waals surface area contributed by atoms with Crippen LogP contribution in [0, 0.1) is 36.8 Å². The van der Waals surface area contributed by atoms with E-state index in [4.69, 9.17) is 0 Å². The predicted molar refractivity (Wildman–Crippen MR) is 108 cm³/mol. The Hall–Kier alpha value is -2.90. The van der Waals surface area contributed by atoms with Gasteiger partial charge in [-0.2, -0.15) is 5.26 Å². The summed E-state index contributed by atoms with van der Waals surface area (Å²) in [6.45, 7) is 5.13. The molecule has 2 heterocycles. The standard InChI is InChI=1S/C19H15F2N5OS2/c1-9-13(7-22)18(24-11(3)23-9)29-10(2)17(27)26-19-25-16(8-28-19)12-4-5-14(20)15(21)6-12/h4-6,8,10H,1-3H3,(H,25,26,27). The number of amides is 1. The number of carbonyl (C=O) groups is 1. The second kappa shape index (κ2) is 8.63. The Labute approximate surface area is 174 Å². The van der Waals surface area contributed by atoms with Crippen molar-refractivity contribution < 1.29 is 13.6 Å². The fourth-order valence-corrected chi connectivity index (χ4v) is 4.16. The van der Waals surface area contributed by atoms with E-state index in [2.05, 4.69) is 26.3 Å². The molecule has 148 valence electrons. The Morgan fingerprint density at radius 1 is 1.24 bits per heavy atom. The summed E-state index contributed by atoms with van der Waals surface area (Å²) in [6, 6.07) is 5.57. The summed E-state index contributed by atoms with van der Waals surface area (Å²) in [6.07, 6.45) is 0. The highest BCUT2D eigenvalue weighted by molar-refractivity contribution is 8.00. The molecule has 10 heteroatoms. The van der Waals surface area contributed by atoms with Crippen LogP contribution < -0.4 is 5.32 Å². The maximum absolute atomic E-state index is 13.4. The molecule has 0 aliphatic heterocycles. The molecule has 1 aromatic carbocycles. The number of nitrogens with one attached hydrogen (secondary N) is 1. The molecule has 2 aromatic heterocycles. The van der Waals surface area contributed by atoms with Gasteiger partial charge in [-0.25, -0.2) is 23.7 Å². The van der Waals surface area contributed by atoms with E-state index < -0.39 is 16.9 Å². The van der Waals surface area contributed by atoms with Gasteiger partial charge < -0.3 is 5.32 Å². The van der Waals surface area contributed by atoms with Gasteiger partial charge in [0.2, 0.25) is 5.91 Å². The molecule has 0 spiro atoms. The first-order valence-corrected chi connectivity index (χ1v) is 10.2. The Balaban J connectivity index is 1.72. The van der Waals surface area contributed by atoms with E-state index in [-0.39, 0.29) is 5.91 Å². The van der Waals surface area contributed by atoms with E-state index >= 15 is 0 Å². The van der Waals surface area contributed by atoms with Crippen LogP contribution in [0.3, 0.4) is 0 Å². The minimum absolute atomic E-state index is 0.320. The van der Waals surface area contributed by atoms with Gasteiger partial charge in [-0.1, -0.05) is 11.8 Å². The molecule has 6 nitrogen and oxygen atoms in total. The van der Waals surface area contributed by atoms with Gasteiger partial charge in [0.05, 0.1) is 16.6 Å². The molecule has 0 fully saturated rings. The zero-order valence-electron chi connectivity index (χ0n) is 15.7. The minimum atomic E-state index is -0.963. The Morgan fingerprint density at radius 3 is 2.69 bits per heavy atom. The van der Waals surface area contributed by atoms with Gasteiger partial charge in [-0.05, 0) is 39.0 Å². The average molecular weight is 431 g/mol. The molecular formula is C19H15F2N5OS2. The lowest BCUT2D eigenvalue weighted by Crippen LogP contribution is -2.22. The molecular weight excluding hydrogens is 416 g/mol. The van der Waals surface area contributed by atoms with E-state index in [1.165, 1.54) is 17.4 Å². The number of benzene rings is 1. The van der Waals surface area contributed by atoms with Crippen LogP contribution in [-0.4, -0.2) is 26.1 Å². The lowest BCUT2D eigenvalue weighted by Gasteiger charge is -2.12. The van der Waals surface area contributed by atoms with Crippen molar-refractivity contribution in [3.8, 4) is 17.3 Å². The number of halogens is 2. The number of carbonyl (C=O) groups excluding carboxylic acids is 1. The largest absolute Gasteiger partial charge is 0.301 e. The van der Waals surface area contributed by atoms with Gasteiger partial charge in [-0.3, -0.25) is 4.79 Å². The Kier molecular flexibility index (Phi) is 6.20. The summed E-state index contributed by atoms with van der Waals surface area (Å²) in [5.74, 6) is -1.70. The van der Waals surface area contributed by atoms with Crippen LogP contribution in [-0.2, 0) is 4.79 Å². The maximum atomic E-state index is 13.4. The summed E-state index contributed by atoms with van der Waals surface area (Å²) < 4.78 is 26.5. The van der Waals surface area contributed by atoms with Crippen LogP contribution in [0.15, 0.2) is 28.6 Å². The predicted octanol–water partition coefficient (Wildman–Crippen LogP) is 4.49. The topological polar surface area (TPSA) is 91.6 Å². The molecule has 3 aromatic rings. The number of aryl methyl sites for hydroxylation is 2. The molecule has 29 heavy (non-hydrogen) atoms. The molecule has 3 rings (SSSR count). The van der Waals surface area contributed by atoms with Gasteiger partial charge in [0, 0.05) is 10.9 Å². The minimum Gasteiger partial charge on any atom is -0.301 e. The smallest absolute Gasteiger partial charge is 0.239 e. The number of thiazole rings is 1. The van der Waals surface area contributed by atoms with Gasteiger partial charge >= 0.3 is 0 Å². The molecule has 0 saturated heterocycles. The highest BCUT2D eigenvalue weighted by Gasteiger charge is 2.20. The van der Waals surface area contributed by atoms with Gasteiger partial charge in [0.15, 0.2) is 16.8 Å². The molecule has 1 unspecified atom stereocenters. The number of rotatable bonds is 5. The number of hydrogen-bond acceptors (Lipinski definition) is 7. The van der Waals surface area contributed by atoms with Crippen molar-refractivity contribution in [1.82, 2.24) is 15.0 Å². The normalized spacial score (nSPS) is 11.7. The number of thioether (sulfide) groups is 1. The molecule has 0 aliphatic carbocycles. The Bertz CT molecular complexity index is 1130. The monoisotopic (exact) mass is 431 g/mol. The summed E-state index contributed by atoms with van der Waals surface area (Å²) in [5.41, 5.74) is 1.74. The summed E-state index contributed by atoms with van der Waals surface area (Å²) in [4.78, 5) is 25.2. The lowest BCUT2D eigenvalue weighted by atomic mass is 10.2. The number of hydrogen-bond donors (Lipinski definition) is 1. The lowest BCUT2D eigenvalue weighted by molar-refractivity contribution is -0.115. The van der Waals surface area contributed by atoms with Crippen molar-refractivity contribution in [2.45, 2.75) is 31.0 Å². The van der Waals surface area contributed by atoms with Crippen molar-refractivity contribution in [3.63, 3.8) is 0 Å². The van der Waals surface area contributed by atoms with Crippen LogP contribution in [0.1, 0.15) is 24.0 Å². The second-order valence-electron chi connectivity index (χ2n) is 6.06. The SMILES string of the molecule is Cc1nc(C)c(C#N)c(SC(C)C(=O)Nc2nc(-c3ccc(F)c(F)c3)cs2)n1. The third kappa shape index (κ3) is 4.75. The van der Waals surface area contributed by atoms with Crippen LogP contribution in [0.2, 0.25) is 0 Å². The van der Waals surface area contributed by atoms with E-state index in [0.29, 0.717) is 38.5 Å². The fraction of sp³-hybridized carbons (Fsp3) is 0.211. The molecule has 0 radical (unpaired) electrons. The van der Waals surface area contributed by atoms with E-state index in [1.54, 1.807) is 26.2 Å². The average Bonchev–Trinajstić information content (AvgIpc) is 3.12. The van der Waals surface area contributed by atoms with Crippen LogP contribution >= 0.6 is 23.1 Å². The first kappa shape index (κ1) is 20.8. The Morgan fingerprint density at radius 2 is 2.00 bits per heavy atom. The quantitative estimate of drug-likeness (QED) is 0.473. The first-order valence-electron chi connectivity index (χ1n) is 8.42. The first-order chi connectivity index (χ1) is 13.8. The van der Waals surface area contributed by atoms with E-state index in [0.717, 1.165) is 23.9 Å². The highest BCUT2D eigenvalue weighted by atomic mass is 32.2. The number of nitriles is 1. The van der Waals surface area contributed by atoms with Crippen molar-refractivity contribution in [3.05, 3.63) is 52.3 Å². The summed E-state index contributed by atoms with van der Waals surface area (Å²) in [7, 11) is 0. The molecule has 1 amide bonds. The van der Waals surface area contributed by atoms with Gasteiger partial charge in [-0.15, -0.1) is 11.3 Å². The zero-order valence-corrected chi connectivity index (χ0v) is 17.3. The second-order valence-corrected chi connectivity index (χ2v) is 8.25. The van der Waals surface area contributed by atoms with Gasteiger partial charge in [0.1, 0.15) is 22.5 Å². The van der Waals surface area contributed by atoms with Crippen LogP contribution in [0.4, 0.5) is 13.9 Å². The third-order valence-electron chi connectivity index (χ3n) is 3.89. The molecule has 1 N–H and O–H groups in total. The van der Waals surface area contributed by atoms with Crippen molar-refractivity contribution in [2.75, 3.05) is 5.32 Å². The van der Waals surface area contributed by atoms with Crippen LogP contribution in [0.25, 0.3) is 11.3 Å². The number of anilines is 1. The van der Waals surface area contributed by atoms with Crippen LogP contribution in [0.5, 0.6) is 0 Å². The summed E-state index contributed by atoms with van der Waals surface area (Å²) >= 11 is 2.33. The van der Waals surface area contributed by atoms with Crippen molar-refractivity contribution >= 4 is 34.1 Å². The molecule has 0 bridgehead atoms. The van der Waals surface area contributed by atoms with Gasteiger partial charge in [0.25, 0.3) is 0 Å². The third-order valence-corrected chi connectivity index (χ3v) is 5.73. The fourth-order valence-electron chi connectivity index (χ4n) is 2.44. The molecule has 1 atom stereocenters. The number of aromatic nitrogens is 3. The maximum Gasteiger partial charge on any atom is 0.239 e. The highest BCUT2D eigenvalue weighted by Crippen LogP contribution is 2.29. The summed E-state index contributed by atoms with van der Waals surface area (Å²) in [5, 5.41) is 13.9. The van der Waals surface area contributed by atoms with Crippen molar-refractivity contribution in [1.29, 1.82) is 5.26 Å². The molecule has 0 saturated carbocycles. The molecule has 0 aliphatic rings. The van der Waals surface area contributed by atoms with Crippen molar-refractivity contribution in [2.24, 2.45) is 0 Å². The van der Waals surface area contributed by atoms with E-state index in [9.17, 15) is 18.8 Å². The van der Waals surface area contributed by atoms with E-state index in [1.807, 2.05) is 0 Å². The zero-order chi connectivity index (χ0) is 21.1. The number of nitrogens with zero attached hydrogens (tertiary/aromatic N) is 4.